The van der Waals surface area contributed by atoms with Crippen LogP contribution in [-0.4, -0.2) is 33.1 Å². The molecule has 3 rings (SSSR count). The highest BCUT2D eigenvalue weighted by molar-refractivity contribution is 7.13. The van der Waals surface area contributed by atoms with Crippen LogP contribution in [0.3, 0.4) is 0 Å². The van der Waals surface area contributed by atoms with Gasteiger partial charge in [0.1, 0.15) is 5.01 Å². The van der Waals surface area contributed by atoms with Gasteiger partial charge in [-0.15, -0.1) is 11.3 Å². The number of pyridine rings is 1. The van der Waals surface area contributed by atoms with E-state index in [0.29, 0.717) is 6.54 Å². The Kier molecular flexibility index (Phi) is 5.58. The zero-order valence-electron chi connectivity index (χ0n) is 13.7. The number of hydrogen-bond acceptors (Lipinski definition) is 5. The lowest BCUT2D eigenvalue weighted by Crippen LogP contribution is -2.43. The molecule has 128 valence electrons. The zero-order chi connectivity index (χ0) is 16.8. The standard InChI is InChI=1S/C18H23N3O2S/c22-16(20-13-18(23)7-3-1-2-4-8-18)10-15-12-24-17(21-15)14-6-5-9-19-11-14/h5-6,9,11-12,23H,1-4,7-8,10,13H2,(H,20,22). The molecular weight excluding hydrogens is 322 g/mol. The van der Waals surface area contributed by atoms with E-state index in [1.165, 1.54) is 24.2 Å². The maximum Gasteiger partial charge on any atom is 0.226 e. The third-order valence-electron chi connectivity index (χ3n) is 4.45. The number of carbonyl (C=O) groups is 1. The number of hydrogen-bond donors (Lipinski definition) is 2. The Hall–Kier alpha value is -1.79. The van der Waals surface area contributed by atoms with Crippen molar-refractivity contribution in [3.63, 3.8) is 0 Å². The lowest BCUT2D eigenvalue weighted by Gasteiger charge is -2.26. The predicted molar refractivity (Wildman–Crippen MR) is 94.7 cm³/mol. The maximum atomic E-state index is 12.2. The fraction of sp³-hybridized carbons (Fsp3) is 0.500. The molecule has 2 N–H and O–H groups in total. The Morgan fingerprint density at radius 1 is 1.29 bits per heavy atom. The molecule has 2 heterocycles. The molecule has 2 aromatic heterocycles. The molecule has 0 bridgehead atoms. The SMILES string of the molecule is O=C(Cc1csc(-c2cccnc2)n1)NCC1(O)CCCCCC1. The second-order valence-corrected chi connectivity index (χ2v) is 7.34. The molecule has 0 aliphatic heterocycles. The molecule has 1 amide bonds. The van der Waals surface area contributed by atoms with Gasteiger partial charge in [0.05, 0.1) is 17.7 Å². The molecule has 2 aromatic rings. The summed E-state index contributed by atoms with van der Waals surface area (Å²) >= 11 is 1.51. The largest absolute Gasteiger partial charge is 0.388 e. The molecule has 0 radical (unpaired) electrons. The van der Waals surface area contributed by atoms with Crippen molar-refractivity contribution < 1.29 is 9.90 Å². The average molecular weight is 345 g/mol. The third kappa shape index (κ3) is 4.61. The monoisotopic (exact) mass is 345 g/mol. The van der Waals surface area contributed by atoms with E-state index in [1.807, 2.05) is 17.5 Å². The number of nitrogens with one attached hydrogen (secondary N) is 1. The minimum Gasteiger partial charge on any atom is -0.388 e. The van der Waals surface area contributed by atoms with E-state index in [0.717, 1.165) is 41.9 Å². The van der Waals surface area contributed by atoms with Crippen LogP contribution in [0.25, 0.3) is 10.6 Å². The highest BCUT2D eigenvalue weighted by Gasteiger charge is 2.28. The molecule has 0 aromatic carbocycles. The first-order valence-electron chi connectivity index (χ1n) is 8.49. The van der Waals surface area contributed by atoms with Crippen molar-refractivity contribution in [1.29, 1.82) is 0 Å². The molecular formula is C18H23N3O2S. The van der Waals surface area contributed by atoms with Crippen LogP contribution in [0, 0.1) is 0 Å². The van der Waals surface area contributed by atoms with Crippen LogP contribution in [-0.2, 0) is 11.2 Å². The molecule has 1 saturated carbocycles. The van der Waals surface area contributed by atoms with Gasteiger partial charge in [-0.1, -0.05) is 25.7 Å². The Morgan fingerprint density at radius 3 is 2.79 bits per heavy atom. The van der Waals surface area contributed by atoms with E-state index >= 15 is 0 Å². The summed E-state index contributed by atoms with van der Waals surface area (Å²) in [6, 6.07) is 3.83. The molecule has 6 heteroatoms. The van der Waals surface area contributed by atoms with Gasteiger partial charge in [-0.3, -0.25) is 9.78 Å². The lowest BCUT2D eigenvalue weighted by atomic mass is 9.94. The van der Waals surface area contributed by atoms with Crippen molar-refractivity contribution in [3.8, 4) is 10.6 Å². The van der Waals surface area contributed by atoms with Gasteiger partial charge < -0.3 is 10.4 Å². The Bertz CT molecular complexity index is 664. The molecule has 5 nitrogen and oxygen atoms in total. The Morgan fingerprint density at radius 2 is 2.08 bits per heavy atom. The van der Waals surface area contributed by atoms with Crippen molar-refractivity contribution >= 4 is 17.2 Å². The summed E-state index contributed by atoms with van der Waals surface area (Å²) in [6.45, 7) is 0.339. The summed E-state index contributed by atoms with van der Waals surface area (Å²) < 4.78 is 0. The van der Waals surface area contributed by atoms with E-state index < -0.39 is 5.60 Å². The molecule has 0 atom stereocenters. The number of aromatic nitrogens is 2. The number of thiazole rings is 1. The van der Waals surface area contributed by atoms with E-state index in [-0.39, 0.29) is 12.3 Å². The average Bonchev–Trinajstić information content (AvgIpc) is 2.95. The van der Waals surface area contributed by atoms with Gasteiger partial charge >= 0.3 is 0 Å². The second-order valence-electron chi connectivity index (χ2n) is 6.48. The number of amides is 1. The summed E-state index contributed by atoms with van der Waals surface area (Å²) in [6.07, 6.45) is 9.70. The van der Waals surface area contributed by atoms with Gasteiger partial charge in [0.15, 0.2) is 0 Å². The summed E-state index contributed by atoms with van der Waals surface area (Å²) in [7, 11) is 0. The van der Waals surface area contributed by atoms with Crippen molar-refractivity contribution in [3.05, 3.63) is 35.6 Å². The fourth-order valence-electron chi connectivity index (χ4n) is 3.06. The zero-order valence-corrected chi connectivity index (χ0v) is 14.5. The van der Waals surface area contributed by atoms with Crippen molar-refractivity contribution in [2.24, 2.45) is 0 Å². The number of aliphatic hydroxyl groups is 1. The van der Waals surface area contributed by atoms with Crippen LogP contribution in [0.15, 0.2) is 29.9 Å². The summed E-state index contributed by atoms with van der Waals surface area (Å²) in [5.41, 5.74) is 0.973. The van der Waals surface area contributed by atoms with Crippen molar-refractivity contribution in [2.45, 2.75) is 50.5 Å². The maximum absolute atomic E-state index is 12.2. The first-order valence-corrected chi connectivity index (χ1v) is 9.36. The number of rotatable bonds is 5. The molecule has 0 saturated heterocycles. The Labute approximate surface area is 146 Å². The first kappa shape index (κ1) is 17.0. The van der Waals surface area contributed by atoms with Crippen LogP contribution in [0.2, 0.25) is 0 Å². The molecule has 0 spiro atoms. The van der Waals surface area contributed by atoms with Crippen LogP contribution < -0.4 is 5.32 Å². The minimum absolute atomic E-state index is 0.0873. The second kappa shape index (κ2) is 7.85. The number of nitrogens with zero attached hydrogens (tertiary/aromatic N) is 2. The Balaban J connectivity index is 1.53. The topological polar surface area (TPSA) is 75.1 Å². The van der Waals surface area contributed by atoms with Crippen molar-refractivity contribution in [1.82, 2.24) is 15.3 Å². The van der Waals surface area contributed by atoms with Crippen LogP contribution in [0.1, 0.15) is 44.2 Å². The summed E-state index contributed by atoms with van der Waals surface area (Å²) in [5.74, 6) is -0.0873. The smallest absolute Gasteiger partial charge is 0.226 e. The van der Waals surface area contributed by atoms with Gasteiger partial charge in [0.25, 0.3) is 0 Å². The van der Waals surface area contributed by atoms with Crippen LogP contribution in [0.4, 0.5) is 0 Å². The molecule has 24 heavy (non-hydrogen) atoms. The first-order chi connectivity index (χ1) is 11.6. The predicted octanol–water partition coefficient (Wildman–Crippen LogP) is 2.95. The number of carbonyl (C=O) groups excluding carboxylic acids is 1. The minimum atomic E-state index is -0.741. The molecule has 1 fully saturated rings. The fourth-order valence-corrected chi connectivity index (χ4v) is 3.87. The normalized spacial score (nSPS) is 17.2. The highest BCUT2D eigenvalue weighted by atomic mass is 32.1. The summed E-state index contributed by atoms with van der Waals surface area (Å²) in [4.78, 5) is 20.7. The van der Waals surface area contributed by atoms with E-state index in [9.17, 15) is 9.90 Å². The van der Waals surface area contributed by atoms with Gasteiger partial charge in [0, 0.05) is 29.9 Å². The third-order valence-corrected chi connectivity index (χ3v) is 5.39. The van der Waals surface area contributed by atoms with Gasteiger partial charge in [0.2, 0.25) is 5.91 Å². The quantitative estimate of drug-likeness (QED) is 0.817. The van der Waals surface area contributed by atoms with Crippen molar-refractivity contribution in [2.75, 3.05) is 6.54 Å². The van der Waals surface area contributed by atoms with E-state index in [2.05, 4.69) is 15.3 Å². The molecule has 0 unspecified atom stereocenters. The van der Waals surface area contributed by atoms with Crippen LogP contribution in [0.5, 0.6) is 0 Å². The van der Waals surface area contributed by atoms with Gasteiger partial charge in [-0.25, -0.2) is 4.98 Å². The van der Waals surface area contributed by atoms with Gasteiger partial charge in [-0.2, -0.15) is 0 Å². The lowest BCUT2D eigenvalue weighted by molar-refractivity contribution is -0.121. The molecule has 1 aliphatic carbocycles. The molecule has 1 aliphatic rings. The highest BCUT2D eigenvalue weighted by Crippen LogP contribution is 2.26. The van der Waals surface area contributed by atoms with E-state index in [1.54, 1.807) is 12.4 Å². The summed E-state index contributed by atoms with van der Waals surface area (Å²) in [5, 5.41) is 16.2. The van der Waals surface area contributed by atoms with Crippen LogP contribution >= 0.6 is 11.3 Å². The van der Waals surface area contributed by atoms with E-state index in [4.69, 9.17) is 0 Å². The van der Waals surface area contributed by atoms with Gasteiger partial charge in [-0.05, 0) is 25.0 Å².